The standard InChI is InChI=1S/C15H19N3O2/c1-10(2)18-9-16-7-12(18)8-17-14-6-4-5-13(11(14)3)15(19)20/h4-7,9-10,17H,8H2,1-3H3,(H,19,20). The Morgan fingerprint density at radius 3 is 2.85 bits per heavy atom. The number of carbonyl (C=O) groups is 1. The Morgan fingerprint density at radius 1 is 1.45 bits per heavy atom. The van der Waals surface area contributed by atoms with Gasteiger partial charge in [0.05, 0.1) is 24.1 Å². The molecule has 0 amide bonds. The highest BCUT2D eigenvalue weighted by molar-refractivity contribution is 5.91. The number of hydrogen-bond donors (Lipinski definition) is 2. The summed E-state index contributed by atoms with van der Waals surface area (Å²) in [6.45, 7) is 6.62. The van der Waals surface area contributed by atoms with E-state index in [0.29, 0.717) is 18.2 Å². The second-order valence-corrected chi connectivity index (χ2v) is 5.02. The van der Waals surface area contributed by atoms with Gasteiger partial charge < -0.3 is 15.0 Å². The van der Waals surface area contributed by atoms with Crippen LogP contribution in [0, 0.1) is 6.92 Å². The molecule has 0 bridgehead atoms. The van der Waals surface area contributed by atoms with Crippen LogP contribution in [0.2, 0.25) is 0 Å². The van der Waals surface area contributed by atoms with Crippen LogP contribution >= 0.6 is 0 Å². The molecular formula is C15H19N3O2. The minimum atomic E-state index is -0.904. The first kappa shape index (κ1) is 14.1. The smallest absolute Gasteiger partial charge is 0.336 e. The molecule has 0 spiro atoms. The Kier molecular flexibility index (Phi) is 4.08. The molecule has 0 saturated heterocycles. The van der Waals surface area contributed by atoms with Gasteiger partial charge in [-0.05, 0) is 38.5 Å². The van der Waals surface area contributed by atoms with E-state index in [0.717, 1.165) is 16.9 Å². The summed E-state index contributed by atoms with van der Waals surface area (Å²) < 4.78 is 2.09. The average molecular weight is 273 g/mol. The molecular weight excluding hydrogens is 254 g/mol. The van der Waals surface area contributed by atoms with Crippen molar-refractivity contribution in [3.63, 3.8) is 0 Å². The summed E-state index contributed by atoms with van der Waals surface area (Å²) in [5.41, 5.74) is 2.98. The van der Waals surface area contributed by atoms with Crippen molar-refractivity contribution in [3.8, 4) is 0 Å². The van der Waals surface area contributed by atoms with Crippen LogP contribution in [0.25, 0.3) is 0 Å². The minimum absolute atomic E-state index is 0.326. The molecule has 0 saturated carbocycles. The highest BCUT2D eigenvalue weighted by Crippen LogP contribution is 2.20. The molecule has 1 aromatic heterocycles. The summed E-state index contributed by atoms with van der Waals surface area (Å²) in [4.78, 5) is 15.3. The van der Waals surface area contributed by atoms with Crippen molar-refractivity contribution in [1.29, 1.82) is 0 Å². The van der Waals surface area contributed by atoms with Gasteiger partial charge in [-0.15, -0.1) is 0 Å². The summed E-state index contributed by atoms with van der Waals surface area (Å²) in [5, 5.41) is 12.4. The summed E-state index contributed by atoms with van der Waals surface area (Å²) in [6.07, 6.45) is 3.63. The predicted molar refractivity (Wildman–Crippen MR) is 78.1 cm³/mol. The first-order chi connectivity index (χ1) is 9.50. The van der Waals surface area contributed by atoms with Crippen molar-refractivity contribution in [2.75, 3.05) is 5.32 Å². The van der Waals surface area contributed by atoms with Gasteiger partial charge in [-0.1, -0.05) is 6.07 Å². The van der Waals surface area contributed by atoms with E-state index < -0.39 is 5.97 Å². The van der Waals surface area contributed by atoms with Crippen LogP contribution in [0.5, 0.6) is 0 Å². The highest BCUT2D eigenvalue weighted by atomic mass is 16.4. The van der Waals surface area contributed by atoms with E-state index in [1.807, 2.05) is 25.5 Å². The van der Waals surface area contributed by atoms with Gasteiger partial charge in [0.1, 0.15) is 0 Å². The number of nitrogens with one attached hydrogen (secondary N) is 1. The Labute approximate surface area is 118 Å². The van der Waals surface area contributed by atoms with Crippen molar-refractivity contribution >= 4 is 11.7 Å². The summed E-state index contributed by atoms with van der Waals surface area (Å²) in [5.74, 6) is -0.904. The quantitative estimate of drug-likeness (QED) is 0.878. The first-order valence-corrected chi connectivity index (χ1v) is 6.58. The van der Waals surface area contributed by atoms with Crippen molar-refractivity contribution in [1.82, 2.24) is 9.55 Å². The number of nitrogens with zero attached hydrogens (tertiary/aromatic N) is 2. The lowest BCUT2D eigenvalue weighted by atomic mass is 10.1. The summed E-state index contributed by atoms with van der Waals surface area (Å²) >= 11 is 0. The Bertz CT molecular complexity index is 617. The van der Waals surface area contributed by atoms with Crippen molar-refractivity contribution in [3.05, 3.63) is 47.5 Å². The lowest BCUT2D eigenvalue weighted by molar-refractivity contribution is 0.0696. The van der Waals surface area contributed by atoms with Gasteiger partial charge in [-0.3, -0.25) is 0 Å². The zero-order valence-corrected chi connectivity index (χ0v) is 11.9. The molecule has 5 heteroatoms. The Hall–Kier alpha value is -2.30. The van der Waals surface area contributed by atoms with Crippen LogP contribution in [-0.4, -0.2) is 20.6 Å². The summed E-state index contributed by atoms with van der Waals surface area (Å²) in [7, 11) is 0. The highest BCUT2D eigenvalue weighted by Gasteiger charge is 2.11. The van der Waals surface area contributed by atoms with Gasteiger partial charge in [-0.2, -0.15) is 0 Å². The lowest BCUT2D eigenvalue weighted by Gasteiger charge is -2.14. The molecule has 0 unspecified atom stereocenters. The number of anilines is 1. The van der Waals surface area contributed by atoms with Crippen LogP contribution < -0.4 is 5.32 Å². The minimum Gasteiger partial charge on any atom is -0.478 e. The first-order valence-electron chi connectivity index (χ1n) is 6.58. The third-order valence-electron chi connectivity index (χ3n) is 3.33. The number of benzene rings is 1. The second-order valence-electron chi connectivity index (χ2n) is 5.02. The van der Waals surface area contributed by atoms with Crippen LogP contribution in [0.4, 0.5) is 5.69 Å². The number of aromatic nitrogens is 2. The van der Waals surface area contributed by atoms with Gasteiger partial charge >= 0.3 is 5.97 Å². The van der Waals surface area contributed by atoms with Crippen LogP contribution in [-0.2, 0) is 6.54 Å². The Balaban J connectivity index is 2.17. The van der Waals surface area contributed by atoms with Crippen molar-refractivity contribution in [2.24, 2.45) is 0 Å². The van der Waals surface area contributed by atoms with Gasteiger partial charge in [0.25, 0.3) is 0 Å². The molecule has 20 heavy (non-hydrogen) atoms. The van der Waals surface area contributed by atoms with E-state index in [1.54, 1.807) is 12.1 Å². The molecule has 0 aliphatic carbocycles. The molecule has 5 nitrogen and oxygen atoms in total. The van der Waals surface area contributed by atoms with E-state index in [-0.39, 0.29) is 0 Å². The molecule has 1 heterocycles. The molecule has 0 aliphatic heterocycles. The van der Waals surface area contributed by atoms with Gasteiger partial charge in [-0.25, -0.2) is 9.78 Å². The third kappa shape index (κ3) is 2.82. The number of aromatic carboxylic acids is 1. The maximum absolute atomic E-state index is 11.1. The normalized spacial score (nSPS) is 10.8. The SMILES string of the molecule is Cc1c(NCc2cncn2C(C)C)cccc1C(=O)O. The van der Waals surface area contributed by atoms with Crippen LogP contribution in [0.3, 0.4) is 0 Å². The van der Waals surface area contributed by atoms with E-state index in [4.69, 9.17) is 5.11 Å². The number of imidazole rings is 1. The number of rotatable bonds is 5. The lowest BCUT2D eigenvalue weighted by Crippen LogP contribution is -2.10. The fourth-order valence-corrected chi connectivity index (χ4v) is 2.18. The van der Waals surface area contributed by atoms with E-state index >= 15 is 0 Å². The molecule has 0 atom stereocenters. The average Bonchev–Trinajstić information content (AvgIpc) is 2.85. The van der Waals surface area contributed by atoms with Gasteiger partial charge in [0.15, 0.2) is 0 Å². The Morgan fingerprint density at radius 2 is 2.20 bits per heavy atom. The maximum atomic E-state index is 11.1. The maximum Gasteiger partial charge on any atom is 0.336 e. The van der Waals surface area contributed by atoms with E-state index in [1.165, 1.54) is 0 Å². The molecule has 0 radical (unpaired) electrons. The largest absolute Gasteiger partial charge is 0.478 e. The monoisotopic (exact) mass is 273 g/mol. The van der Waals surface area contributed by atoms with Crippen LogP contribution in [0.1, 0.15) is 41.5 Å². The molecule has 0 aliphatic rings. The van der Waals surface area contributed by atoms with Crippen LogP contribution in [0.15, 0.2) is 30.7 Å². The number of hydrogen-bond acceptors (Lipinski definition) is 3. The fourth-order valence-electron chi connectivity index (χ4n) is 2.18. The zero-order valence-electron chi connectivity index (χ0n) is 11.9. The molecule has 2 rings (SSSR count). The molecule has 1 aromatic carbocycles. The fraction of sp³-hybridized carbons (Fsp3) is 0.333. The van der Waals surface area contributed by atoms with Crippen molar-refractivity contribution < 1.29 is 9.90 Å². The molecule has 106 valence electrons. The van der Waals surface area contributed by atoms with Gasteiger partial charge in [0.2, 0.25) is 0 Å². The molecule has 2 N–H and O–H groups in total. The number of carboxylic acid groups (broad SMARTS) is 1. The topological polar surface area (TPSA) is 67.2 Å². The van der Waals surface area contributed by atoms with E-state index in [9.17, 15) is 4.79 Å². The van der Waals surface area contributed by atoms with Gasteiger partial charge in [0, 0.05) is 17.9 Å². The predicted octanol–water partition coefficient (Wildman–Crippen LogP) is 3.08. The zero-order chi connectivity index (χ0) is 14.7. The number of carboxylic acids is 1. The van der Waals surface area contributed by atoms with E-state index in [2.05, 4.69) is 28.7 Å². The summed E-state index contributed by atoms with van der Waals surface area (Å²) in [6, 6.07) is 5.60. The third-order valence-corrected chi connectivity index (χ3v) is 3.33. The second kappa shape index (κ2) is 5.77. The molecule has 2 aromatic rings. The molecule has 0 fully saturated rings. The van der Waals surface area contributed by atoms with Crippen molar-refractivity contribution in [2.45, 2.75) is 33.4 Å².